The van der Waals surface area contributed by atoms with Gasteiger partial charge in [-0.05, 0) is 5.56 Å². The second kappa shape index (κ2) is 4.27. The van der Waals surface area contributed by atoms with E-state index < -0.39 is 0 Å². The Hall–Kier alpha value is -2.14. The predicted octanol–water partition coefficient (Wildman–Crippen LogP) is 1.95. The number of fused-ring (bicyclic) bond motifs is 1. The Morgan fingerprint density at radius 2 is 2.00 bits per heavy atom. The average Bonchev–Trinajstić information content (AvgIpc) is 2.84. The van der Waals surface area contributed by atoms with E-state index in [9.17, 15) is 0 Å². The van der Waals surface area contributed by atoms with Crippen molar-refractivity contribution in [1.29, 1.82) is 0 Å². The van der Waals surface area contributed by atoms with Crippen LogP contribution in [0.5, 0.6) is 0 Å². The molecule has 0 aliphatic heterocycles. The molecule has 2 heterocycles. The largest absolute Gasteiger partial charge is 0.383 e. The zero-order valence-electron chi connectivity index (χ0n) is 9.42. The summed E-state index contributed by atoms with van der Waals surface area (Å²) in [6.45, 7) is 0. The maximum Gasteiger partial charge on any atom is 0.255 e. The van der Waals surface area contributed by atoms with Crippen LogP contribution in [-0.4, -0.2) is 19.6 Å². The molecule has 3 aromatic rings. The van der Waals surface area contributed by atoms with Gasteiger partial charge in [0.15, 0.2) is 0 Å². The van der Waals surface area contributed by atoms with Crippen molar-refractivity contribution in [2.75, 3.05) is 5.73 Å². The van der Waals surface area contributed by atoms with Crippen molar-refractivity contribution in [3.05, 3.63) is 52.9 Å². The third-order valence-electron chi connectivity index (χ3n) is 2.74. The topological polar surface area (TPSA) is 69.1 Å². The Morgan fingerprint density at radius 3 is 2.78 bits per heavy atom. The summed E-state index contributed by atoms with van der Waals surface area (Å²) in [5.74, 6) is 0.890. The van der Waals surface area contributed by atoms with Gasteiger partial charge in [0, 0.05) is 12.0 Å². The van der Waals surface area contributed by atoms with Crippen molar-refractivity contribution in [2.45, 2.75) is 6.42 Å². The molecule has 0 saturated carbocycles. The standard InChI is InChI=1S/C12H10ClN5/c13-10-9(6-8-4-2-1-3-5-8)11(14)18-12(17-10)15-7-16-18/h1-5,7H,6,14H2. The molecular weight excluding hydrogens is 250 g/mol. The average molecular weight is 260 g/mol. The van der Waals surface area contributed by atoms with E-state index >= 15 is 0 Å². The monoisotopic (exact) mass is 259 g/mol. The number of nitrogens with two attached hydrogens (primary N) is 1. The maximum absolute atomic E-state index is 6.14. The highest BCUT2D eigenvalue weighted by Crippen LogP contribution is 2.23. The van der Waals surface area contributed by atoms with E-state index in [1.165, 1.54) is 10.8 Å². The number of nitrogen functional groups attached to an aromatic ring is 1. The quantitative estimate of drug-likeness (QED) is 0.714. The fourth-order valence-corrected chi connectivity index (χ4v) is 2.07. The summed E-state index contributed by atoms with van der Waals surface area (Å²) in [7, 11) is 0. The molecule has 18 heavy (non-hydrogen) atoms. The van der Waals surface area contributed by atoms with Gasteiger partial charge in [-0.15, -0.1) is 0 Å². The number of aromatic nitrogens is 4. The van der Waals surface area contributed by atoms with Crippen molar-refractivity contribution in [3.8, 4) is 0 Å². The lowest BCUT2D eigenvalue weighted by Gasteiger charge is -2.08. The molecule has 5 nitrogen and oxygen atoms in total. The molecule has 1 aromatic carbocycles. The van der Waals surface area contributed by atoms with Crippen LogP contribution in [0, 0.1) is 0 Å². The lowest BCUT2D eigenvalue weighted by molar-refractivity contribution is 0.930. The van der Waals surface area contributed by atoms with Crippen LogP contribution in [0.1, 0.15) is 11.1 Å². The second-order valence-corrected chi connectivity index (χ2v) is 4.26. The minimum absolute atomic E-state index is 0.372. The highest BCUT2D eigenvalue weighted by molar-refractivity contribution is 6.30. The highest BCUT2D eigenvalue weighted by Gasteiger charge is 2.13. The van der Waals surface area contributed by atoms with Gasteiger partial charge in [-0.2, -0.15) is 19.6 Å². The lowest BCUT2D eigenvalue weighted by Crippen LogP contribution is -2.07. The van der Waals surface area contributed by atoms with Gasteiger partial charge >= 0.3 is 0 Å². The number of nitrogens with zero attached hydrogens (tertiary/aromatic N) is 4. The van der Waals surface area contributed by atoms with Gasteiger partial charge in [-0.1, -0.05) is 41.9 Å². The van der Waals surface area contributed by atoms with Crippen molar-refractivity contribution in [1.82, 2.24) is 19.6 Å². The minimum atomic E-state index is 0.372. The molecule has 0 bridgehead atoms. The van der Waals surface area contributed by atoms with Gasteiger partial charge in [0.25, 0.3) is 5.78 Å². The van der Waals surface area contributed by atoms with E-state index in [2.05, 4.69) is 15.1 Å². The molecule has 90 valence electrons. The first-order valence-electron chi connectivity index (χ1n) is 5.43. The summed E-state index contributed by atoms with van der Waals surface area (Å²) in [6, 6.07) is 9.94. The van der Waals surface area contributed by atoms with Crippen LogP contribution in [0.15, 0.2) is 36.7 Å². The Morgan fingerprint density at radius 1 is 1.22 bits per heavy atom. The molecule has 0 spiro atoms. The SMILES string of the molecule is Nc1c(Cc2ccccc2)c(Cl)nc2ncnn12. The van der Waals surface area contributed by atoms with Crippen LogP contribution in [0.25, 0.3) is 5.78 Å². The zero-order valence-corrected chi connectivity index (χ0v) is 10.2. The molecule has 2 aromatic heterocycles. The Kier molecular flexibility index (Phi) is 2.60. The number of hydrogen-bond acceptors (Lipinski definition) is 4. The second-order valence-electron chi connectivity index (χ2n) is 3.90. The van der Waals surface area contributed by atoms with Crippen molar-refractivity contribution in [2.24, 2.45) is 0 Å². The Balaban J connectivity index is 2.11. The number of halogens is 1. The summed E-state index contributed by atoms with van der Waals surface area (Å²) in [5.41, 5.74) is 7.93. The molecule has 0 fully saturated rings. The molecule has 0 atom stereocenters. The molecule has 0 radical (unpaired) electrons. The summed E-state index contributed by atoms with van der Waals surface area (Å²) in [6.07, 6.45) is 2.02. The van der Waals surface area contributed by atoms with E-state index in [0.717, 1.165) is 11.1 Å². The van der Waals surface area contributed by atoms with Gasteiger partial charge < -0.3 is 5.73 Å². The zero-order chi connectivity index (χ0) is 12.5. The number of benzene rings is 1. The van der Waals surface area contributed by atoms with Crippen molar-refractivity contribution >= 4 is 23.2 Å². The van der Waals surface area contributed by atoms with Crippen LogP contribution in [0.2, 0.25) is 5.15 Å². The van der Waals surface area contributed by atoms with Crippen LogP contribution >= 0.6 is 11.6 Å². The van der Waals surface area contributed by atoms with E-state index in [4.69, 9.17) is 17.3 Å². The number of rotatable bonds is 2. The summed E-state index contributed by atoms with van der Waals surface area (Å²) in [4.78, 5) is 8.13. The third kappa shape index (κ3) is 1.78. The summed E-state index contributed by atoms with van der Waals surface area (Å²) >= 11 is 6.14. The van der Waals surface area contributed by atoms with Gasteiger partial charge in [0.05, 0.1) is 0 Å². The normalized spacial score (nSPS) is 10.9. The van der Waals surface area contributed by atoms with Crippen molar-refractivity contribution < 1.29 is 0 Å². The molecule has 0 unspecified atom stereocenters. The summed E-state index contributed by atoms with van der Waals surface area (Å²) in [5, 5.41) is 4.39. The maximum atomic E-state index is 6.14. The first-order valence-corrected chi connectivity index (χ1v) is 5.81. The summed E-state index contributed by atoms with van der Waals surface area (Å²) < 4.78 is 1.49. The molecule has 0 aliphatic rings. The van der Waals surface area contributed by atoms with Crippen LogP contribution in [0.3, 0.4) is 0 Å². The number of hydrogen-bond donors (Lipinski definition) is 1. The van der Waals surface area contributed by atoms with Gasteiger partial charge in [-0.3, -0.25) is 0 Å². The molecule has 2 N–H and O–H groups in total. The van der Waals surface area contributed by atoms with Gasteiger partial charge in [-0.25, -0.2) is 0 Å². The van der Waals surface area contributed by atoms with E-state index in [-0.39, 0.29) is 0 Å². The first-order chi connectivity index (χ1) is 8.75. The van der Waals surface area contributed by atoms with E-state index in [0.29, 0.717) is 23.2 Å². The molecule has 3 rings (SSSR count). The highest BCUT2D eigenvalue weighted by atomic mass is 35.5. The lowest BCUT2D eigenvalue weighted by atomic mass is 10.1. The van der Waals surface area contributed by atoms with Gasteiger partial charge in [0.2, 0.25) is 0 Å². The molecular formula is C12H10ClN5. The van der Waals surface area contributed by atoms with Crippen LogP contribution < -0.4 is 5.73 Å². The third-order valence-corrected chi connectivity index (χ3v) is 3.05. The predicted molar refractivity (Wildman–Crippen MR) is 69.5 cm³/mol. The fraction of sp³-hybridized carbons (Fsp3) is 0.0833. The van der Waals surface area contributed by atoms with Gasteiger partial charge in [0.1, 0.15) is 17.3 Å². The van der Waals surface area contributed by atoms with Crippen molar-refractivity contribution in [3.63, 3.8) is 0 Å². The molecule has 6 heteroatoms. The van der Waals surface area contributed by atoms with Crippen LogP contribution in [-0.2, 0) is 6.42 Å². The molecule has 0 saturated heterocycles. The molecule has 0 aliphatic carbocycles. The van der Waals surface area contributed by atoms with E-state index in [1.54, 1.807) is 0 Å². The molecule has 0 amide bonds. The fourth-order valence-electron chi connectivity index (χ4n) is 1.83. The first kappa shape index (κ1) is 11.0. The van der Waals surface area contributed by atoms with E-state index in [1.807, 2.05) is 30.3 Å². The van der Waals surface area contributed by atoms with Crippen LogP contribution in [0.4, 0.5) is 5.82 Å². The Bertz CT molecular complexity index is 692. The smallest absolute Gasteiger partial charge is 0.255 e. The Labute approximate surface area is 108 Å². The number of anilines is 1. The minimum Gasteiger partial charge on any atom is -0.383 e.